The van der Waals surface area contributed by atoms with Gasteiger partial charge in [0.1, 0.15) is 0 Å². The third-order valence-corrected chi connectivity index (χ3v) is 4.76. The van der Waals surface area contributed by atoms with Crippen molar-refractivity contribution in [2.75, 3.05) is 29.9 Å². The van der Waals surface area contributed by atoms with E-state index >= 15 is 0 Å². The van der Waals surface area contributed by atoms with Crippen LogP contribution < -0.4 is 10.2 Å². The number of nitrogens with zero attached hydrogens (tertiary/aromatic N) is 3. The first kappa shape index (κ1) is 18.2. The maximum Gasteiger partial charge on any atom is 0.322 e. The highest BCUT2D eigenvalue weighted by Gasteiger charge is 2.29. The fourth-order valence-electron chi connectivity index (χ4n) is 3.21. The van der Waals surface area contributed by atoms with Gasteiger partial charge in [-0.3, -0.25) is 0 Å². The van der Waals surface area contributed by atoms with E-state index in [-0.39, 0.29) is 17.9 Å². The van der Waals surface area contributed by atoms with Gasteiger partial charge in [-0.2, -0.15) is 0 Å². The van der Waals surface area contributed by atoms with Gasteiger partial charge in [-0.05, 0) is 42.7 Å². The standard InChI is InChI=1S/C20H25FN4O/c1-14(2)16-6-8-17(9-7-16)23-20(26)25-12-11-24(13-15(25)3)19-18(21)5-4-10-22-19/h4-10,14-15H,11-13H2,1-3H3,(H,23,26)/t15-/m1/s1. The number of anilines is 2. The SMILES string of the molecule is CC(C)c1ccc(NC(=O)N2CCN(c3ncccc3F)C[C@H]2C)cc1. The maximum absolute atomic E-state index is 13.9. The normalized spacial score (nSPS) is 17.5. The Bertz CT molecular complexity index is 763. The molecule has 1 N–H and O–H groups in total. The molecule has 1 atom stereocenters. The summed E-state index contributed by atoms with van der Waals surface area (Å²) < 4.78 is 13.9. The molecule has 2 aromatic rings. The number of hydrogen-bond acceptors (Lipinski definition) is 3. The summed E-state index contributed by atoms with van der Waals surface area (Å²) in [5.74, 6) is 0.478. The summed E-state index contributed by atoms with van der Waals surface area (Å²) >= 11 is 0. The number of piperazine rings is 1. The number of rotatable bonds is 3. The molecule has 0 spiro atoms. The smallest absolute Gasteiger partial charge is 0.322 e. The van der Waals surface area contributed by atoms with Crippen LogP contribution in [0.2, 0.25) is 0 Å². The number of halogens is 1. The number of carbonyl (C=O) groups excluding carboxylic acids is 1. The number of pyridine rings is 1. The molecule has 1 aliphatic rings. The van der Waals surface area contributed by atoms with Crippen molar-refractivity contribution in [3.63, 3.8) is 0 Å². The number of nitrogens with one attached hydrogen (secondary N) is 1. The van der Waals surface area contributed by atoms with Gasteiger partial charge in [0, 0.05) is 37.6 Å². The van der Waals surface area contributed by atoms with Crippen LogP contribution in [0.25, 0.3) is 0 Å². The zero-order valence-corrected chi connectivity index (χ0v) is 15.4. The van der Waals surface area contributed by atoms with Crippen molar-refractivity contribution in [3.8, 4) is 0 Å². The van der Waals surface area contributed by atoms with Gasteiger partial charge in [0.25, 0.3) is 0 Å². The molecule has 6 heteroatoms. The number of urea groups is 1. The second-order valence-corrected chi connectivity index (χ2v) is 7.00. The van der Waals surface area contributed by atoms with E-state index < -0.39 is 0 Å². The summed E-state index contributed by atoms with van der Waals surface area (Å²) in [7, 11) is 0. The molecule has 138 valence electrons. The molecule has 0 aliphatic carbocycles. The summed E-state index contributed by atoms with van der Waals surface area (Å²) in [5.41, 5.74) is 2.02. The second kappa shape index (κ2) is 7.72. The average Bonchev–Trinajstić information content (AvgIpc) is 2.62. The first-order chi connectivity index (χ1) is 12.5. The summed E-state index contributed by atoms with van der Waals surface area (Å²) in [5, 5.41) is 2.95. The Morgan fingerprint density at radius 3 is 2.58 bits per heavy atom. The Labute approximate surface area is 153 Å². The topological polar surface area (TPSA) is 48.5 Å². The van der Waals surface area contributed by atoms with E-state index in [1.807, 2.05) is 36.1 Å². The Balaban J connectivity index is 1.62. The Hall–Kier alpha value is -2.63. The average molecular weight is 356 g/mol. The molecular weight excluding hydrogens is 331 g/mol. The second-order valence-electron chi connectivity index (χ2n) is 7.00. The molecule has 1 aliphatic heterocycles. The van der Waals surface area contributed by atoms with Crippen LogP contribution in [0.5, 0.6) is 0 Å². The van der Waals surface area contributed by atoms with Gasteiger partial charge in [-0.15, -0.1) is 0 Å². The zero-order valence-electron chi connectivity index (χ0n) is 15.4. The summed E-state index contributed by atoms with van der Waals surface area (Å²) in [6.45, 7) is 7.87. The zero-order chi connectivity index (χ0) is 18.7. The quantitative estimate of drug-likeness (QED) is 0.901. The van der Waals surface area contributed by atoms with Gasteiger partial charge in [-0.25, -0.2) is 14.2 Å². The van der Waals surface area contributed by atoms with Gasteiger partial charge in [-0.1, -0.05) is 26.0 Å². The molecule has 1 saturated heterocycles. The summed E-state index contributed by atoms with van der Waals surface area (Å²) in [6, 6.07) is 10.7. The van der Waals surface area contributed by atoms with Gasteiger partial charge < -0.3 is 15.1 Å². The molecule has 0 unspecified atom stereocenters. The van der Waals surface area contributed by atoms with E-state index in [1.165, 1.54) is 11.6 Å². The molecule has 1 fully saturated rings. The van der Waals surface area contributed by atoms with Crippen LogP contribution >= 0.6 is 0 Å². The number of aromatic nitrogens is 1. The lowest BCUT2D eigenvalue weighted by Crippen LogP contribution is -2.55. The van der Waals surface area contributed by atoms with Gasteiger partial charge in [0.2, 0.25) is 0 Å². The summed E-state index contributed by atoms with van der Waals surface area (Å²) in [4.78, 5) is 20.4. The first-order valence-electron chi connectivity index (χ1n) is 8.98. The maximum atomic E-state index is 13.9. The van der Waals surface area contributed by atoms with Crippen molar-refractivity contribution in [2.45, 2.75) is 32.7 Å². The van der Waals surface area contributed by atoms with Crippen LogP contribution in [0.4, 0.5) is 20.7 Å². The van der Waals surface area contributed by atoms with E-state index in [0.29, 0.717) is 31.4 Å². The molecule has 0 radical (unpaired) electrons. The van der Waals surface area contributed by atoms with Crippen molar-refractivity contribution in [3.05, 3.63) is 54.0 Å². The van der Waals surface area contributed by atoms with E-state index in [4.69, 9.17) is 0 Å². The predicted molar refractivity (Wildman–Crippen MR) is 102 cm³/mol. The lowest BCUT2D eigenvalue weighted by Gasteiger charge is -2.40. The van der Waals surface area contributed by atoms with Crippen LogP contribution in [-0.4, -0.2) is 41.6 Å². The van der Waals surface area contributed by atoms with Gasteiger partial charge in [0.05, 0.1) is 0 Å². The van der Waals surface area contributed by atoms with Gasteiger partial charge in [0.15, 0.2) is 11.6 Å². The van der Waals surface area contributed by atoms with Crippen LogP contribution in [-0.2, 0) is 0 Å². The fourth-order valence-corrected chi connectivity index (χ4v) is 3.21. The Morgan fingerprint density at radius 1 is 1.23 bits per heavy atom. The van der Waals surface area contributed by atoms with Crippen molar-refractivity contribution < 1.29 is 9.18 Å². The number of benzene rings is 1. The van der Waals surface area contributed by atoms with E-state index in [2.05, 4.69) is 24.1 Å². The minimum absolute atomic E-state index is 0.0416. The Morgan fingerprint density at radius 2 is 1.96 bits per heavy atom. The molecule has 3 rings (SSSR count). The van der Waals surface area contributed by atoms with Crippen molar-refractivity contribution in [1.82, 2.24) is 9.88 Å². The van der Waals surface area contributed by atoms with Gasteiger partial charge >= 0.3 is 6.03 Å². The summed E-state index contributed by atoms with van der Waals surface area (Å²) in [6.07, 6.45) is 1.59. The van der Waals surface area contributed by atoms with Crippen LogP contribution in [0.15, 0.2) is 42.6 Å². The molecule has 2 heterocycles. The van der Waals surface area contributed by atoms with E-state index in [9.17, 15) is 9.18 Å². The van der Waals surface area contributed by atoms with Crippen molar-refractivity contribution >= 4 is 17.5 Å². The first-order valence-corrected chi connectivity index (χ1v) is 8.98. The largest absolute Gasteiger partial charge is 0.350 e. The van der Waals surface area contributed by atoms with Crippen LogP contribution in [0, 0.1) is 5.82 Å². The lowest BCUT2D eigenvalue weighted by molar-refractivity contribution is 0.184. The molecule has 2 amide bonds. The molecule has 1 aromatic carbocycles. The molecule has 0 saturated carbocycles. The Kier molecular flexibility index (Phi) is 5.40. The highest BCUT2D eigenvalue weighted by atomic mass is 19.1. The third kappa shape index (κ3) is 3.95. The minimum Gasteiger partial charge on any atom is -0.350 e. The monoisotopic (exact) mass is 356 g/mol. The molecule has 5 nitrogen and oxygen atoms in total. The van der Waals surface area contributed by atoms with Crippen molar-refractivity contribution in [1.29, 1.82) is 0 Å². The minimum atomic E-state index is -0.331. The number of hydrogen-bond donors (Lipinski definition) is 1. The molecule has 0 bridgehead atoms. The number of carbonyl (C=O) groups is 1. The third-order valence-electron chi connectivity index (χ3n) is 4.76. The number of amides is 2. The van der Waals surface area contributed by atoms with E-state index in [1.54, 1.807) is 17.2 Å². The fraction of sp³-hybridized carbons (Fsp3) is 0.400. The van der Waals surface area contributed by atoms with Crippen LogP contribution in [0.1, 0.15) is 32.3 Å². The van der Waals surface area contributed by atoms with Crippen molar-refractivity contribution in [2.24, 2.45) is 0 Å². The highest BCUT2D eigenvalue weighted by molar-refractivity contribution is 5.89. The molecular formula is C20H25FN4O. The highest BCUT2D eigenvalue weighted by Crippen LogP contribution is 2.21. The molecule has 1 aromatic heterocycles. The van der Waals surface area contributed by atoms with E-state index in [0.717, 1.165) is 5.69 Å². The lowest BCUT2D eigenvalue weighted by atomic mass is 10.0. The predicted octanol–water partition coefficient (Wildman–Crippen LogP) is 4.09. The molecule has 26 heavy (non-hydrogen) atoms. The van der Waals surface area contributed by atoms with Crippen LogP contribution in [0.3, 0.4) is 0 Å².